The number of carbonyl (C=O) groups is 2. The van der Waals surface area contributed by atoms with Gasteiger partial charge in [0, 0.05) is 18.1 Å². The average molecular weight is 443 g/mol. The van der Waals surface area contributed by atoms with Crippen molar-refractivity contribution in [3.63, 3.8) is 0 Å². The summed E-state index contributed by atoms with van der Waals surface area (Å²) in [6.07, 6.45) is 0. The van der Waals surface area contributed by atoms with Crippen molar-refractivity contribution >= 4 is 29.1 Å². The quantitative estimate of drug-likeness (QED) is 0.378. The molecule has 1 amide bonds. The lowest BCUT2D eigenvalue weighted by Gasteiger charge is -2.28. The molecule has 1 unspecified atom stereocenters. The number of benzene rings is 2. The Hall–Kier alpha value is -2.83. The number of likely N-dealkylation sites (N-methyl/N-ethyl adjacent to an activating group) is 1. The predicted molar refractivity (Wildman–Crippen MR) is 121 cm³/mol. The van der Waals surface area contributed by atoms with E-state index >= 15 is 0 Å². The Morgan fingerprint density at radius 2 is 1.74 bits per heavy atom. The van der Waals surface area contributed by atoms with E-state index in [1.807, 2.05) is 0 Å². The number of aliphatic hydroxyl groups excluding tert-OH is 1. The van der Waals surface area contributed by atoms with Gasteiger partial charge < -0.3 is 19.6 Å². The van der Waals surface area contributed by atoms with Crippen molar-refractivity contribution in [2.45, 2.75) is 19.9 Å². The van der Waals surface area contributed by atoms with E-state index < -0.39 is 17.7 Å². The van der Waals surface area contributed by atoms with Gasteiger partial charge in [-0.3, -0.25) is 9.59 Å². The number of para-hydroxylation sites is 1. The van der Waals surface area contributed by atoms with Crippen molar-refractivity contribution in [1.29, 1.82) is 0 Å². The first kappa shape index (κ1) is 22.8. The van der Waals surface area contributed by atoms with Crippen LogP contribution in [0, 0.1) is 0 Å². The molecule has 164 valence electrons. The lowest BCUT2D eigenvalue weighted by atomic mass is 9.95. The second-order valence-electron chi connectivity index (χ2n) is 7.27. The Balaban J connectivity index is 2.12. The minimum atomic E-state index is -0.710. The lowest BCUT2D eigenvalue weighted by Crippen LogP contribution is -2.38. The number of hydrogen-bond donors (Lipinski definition) is 1. The van der Waals surface area contributed by atoms with E-state index in [4.69, 9.17) is 16.3 Å². The Bertz CT molecular complexity index is 983. The van der Waals surface area contributed by atoms with Crippen LogP contribution in [-0.2, 0) is 9.59 Å². The molecule has 1 heterocycles. The molecule has 0 bridgehead atoms. The normalized spacial score (nSPS) is 18.1. The molecule has 1 atom stereocenters. The van der Waals surface area contributed by atoms with Gasteiger partial charge in [-0.1, -0.05) is 49.7 Å². The zero-order valence-corrected chi connectivity index (χ0v) is 18.7. The summed E-state index contributed by atoms with van der Waals surface area (Å²) in [5, 5.41) is 11.7. The van der Waals surface area contributed by atoms with Gasteiger partial charge in [-0.15, -0.1) is 0 Å². The molecule has 1 aliphatic rings. The zero-order valence-electron chi connectivity index (χ0n) is 18.0. The number of nitrogens with zero attached hydrogens (tertiary/aromatic N) is 2. The molecule has 1 fully saturated rings. The molecular formula is C24H27ClN2O4. The SMILES string of the molecule is CCN(CC)CCN1C(=O)C(=O)/C(=C(\O)c2ccccc2OC)C1c1ccc(Cl)cc1. The van der Waals surface area contributed by atoms with Gasteiger partial charge in [-0.05, 0) is 42.9 Å². The summed E-state index contributed by atoms with van der Waals surface area (Å²) in [5.74, 6) is -1.16. The highest BCUT2D eigenvalue weighted by Gasteiger charge is 2.46. The highest BCUT2D eigenvalue weighted by atomic mass is 35.5. The van der Waals surface area contributed by atoms with E-state index in [-0.39, 0.29) is 11.3 Å². The van der Waals surface area contributed by atoms with Gasteiger partial charge in [0.2, 0.25) is 0 Å². The molecule has 6 nitrogen and oxygen atoms in total. The van der Waals surface area contributed by atoms with Gasteiger partial charge in [-0.25, -0.2) is 0 Å². The summed E-state index contributed by atoms with van der Waals surface area (Å²) in [5.41, 5.74) is 1.13. The van der Waals surface area contributed by atoms with Crippen molar-refractivity contribution in [2.24, 2.45) is 0 Å². The van der Waals surface area contributed by atoms with Crippen LogP contribution >= 0.6 is 11.6 Å². The second-order valence-corrected chi connectivity index (χ2v) is 7.71. The number of halogens is 1. The number of likely N-dealkylation sites (tertiary alicyclic amines) is 1. The van der Waals surface area contributed by atoms with E-state index in [2.05, 4.69) is 18.7 Å². The maximum absolute atomic E-state index is 13.1. The van der Waals surface area contributed by atoms with E-state index in [1.54, 1.807) is 48.5 Å². The first-order chi connectivity index (χ1) is 14.9. The summed E-state index contributed by atoms with van der Waals surface area (Å²) in [6, 6.07) is 13.1. The van der Waals surface area contributed by atoms with Crippen molar-refractivity contribution in [3.8, 4) is 5.75 Å². The average Bonchev–Trinajstić information content (AvgIpc) is 3.04. The number of aliphatic hydroxyl groups is 1. The molecule has 1 aliphatic heterocycles. The first-order valence-electron chi connectivity index (χ1n) is 10.3. The Kier molecular flexibility index (Phi) is 7.36. The number of rotatable bonds is 8. The third kappa shape index (κ3) is 4.60. The fraction of sp³-hybridized carbons (Fsp3) is 0.333. The van der Waals surface area contributed by atoms with Crippen LogP contribution in [0.3, 0.4) is 0 Å². The molecule has 3 rings (SSSR count). The van der Waals surface area contributed by atoms with Crippen molar-refractivity contribution in [3.05, 3.63) is 70.3 Å². The van der Waals surface area contributed by atoms with E-state index in [1.165, 1.54) is 12.0 Å². The van der Waals surface area contributed by atoms with E-state index in [0.717, 1.165) is 13.1 Å². The smallest absolute Gasteiger partial charge is 0.295 e. The highest BCUT2D eigenvalue weighted by Crippen LogP contribution is 2.40. The predicted octanol–water partition coefficient (Wildman–Crippen LogP) is 4.11. The Morgan fingerprint density at radius 3 is 2.35 bits per heavy atom. The van der Waals surface area contributed by atoms with Gasteiger partial charge in [0.1, 0.15) is 11.5 Å². The number of carbonyl (C=O) groups excluding carboxylic acids is 2. The number of ether oxygens (including phenoxy) is 1. The fourth-order valence-corrected chi connectivity index (χ4v) is 4.00. The Morgan fingerprint density at radius 1 is 1.10 bits per heavy atom. The summed E-state index contributed by atoms with van der Waals surface area (Å²) in [6.45, 7) is 6.77. The number of Topliss-reactive ketones (excluding diaryl/α,β-unsaturated/α-hetero) is 1. The molecule has 7 heteroatoms. The van der Waals surface area contributed by atoms with Crippen molar-refractivity contribution in [2.75, 3.05) is 33.3 Å². The van der Waals surface area contributed by atoms with Crippen LogP contribution in [0.5, 0.6) is 5.75 Å². The molecule has 1 saturated heterocycles. The molecule has 1 N–H and O–H groups in total. The van der Waals surface area contributed by atoms with Gasteiger partial charge in [0.05, 0.1) is 24.3 Å². The number of ketones is 1. The minimum Gasteiger partial charge on any atom is -0.507 e. The topological polar surface area (TPSA) is 70.1 Å². The third-order valence-corrected chi connectivity index (χ3v) is 5.89. The molecule has 0 radical (unpaired) electrons. The van der Waals surface area contributed by atoms with Gasteiger partial charge >= 0.3 is 0 Å². The Labute approximate surface area is 187 Å². The van der Waals surface area contributed by atoms with Crippen LogP contribution in [0.15, 0.2) is 54.1 Å². The first-order valence-corrected chi connectivity index (χ1v) is 10.7. The summed E-state index contributed by atoms with van der Waals surface area (Å²) >= 11 is 6.05. The second kappa shape index (κ2) is 9.98. The van der Waals surface area contributed by atoms with Gasteiger partial charge in [-0.2, -0.15) is 0 Å². The molecule has 2 aromatic carbocycles. The van der Waals surface area contributed by atoms with Gasteiger partial charge in [0.15, 0.2) is 0 Å². The summed E-state index contributed by atoms with van der Waals surface area (Å²) in [4.78, 5) is 29.8. The van der Waals surface area contributed by atoms with E-state index in [0.29, 0.717) is 35.0 Å². The molecule has 0 spiro atoms. The van der Waals surface area contributed by atoms with Crippen molar-refractivity contribution < 1.29 is 19.4 Å². The van der Waals surface area contributed by atoms with Crippen LogP contribution in [0.1, 0.15) is 31.0 Å². The number of hydrogen-bond acceptors (Lipinski definition) is 5. The zero-order chi connectivity index (χ0) is 22.5. The van der Waals surface area contributed by atoms with Crippen LogP contribution in [0.2, 0.25) is 5.02 Å². The molecule has 0 aromatic heterocycles. The van der Waals surface area contributed by atoms with Crippen LogP contribution in [0.25, 0.3) is 5.76 Å². The standard InChI is InChI=1S/C24H27ClN2O4/c1-4-26(5-2)14-15-27-21(16-10-12-17(25)13-11-16)20(23(29)24(27)30)22(28)18-8-6-7-9-19(18)31-3/h6-13,21,28H,4-5,14-15H2,1-3H3/b22-20-. The highest BCUT2D eigenvalue weighted by molar-refractivity contribution is 6.46. The van der Waals surface area contributed by atoms with Crippen LogP contribution in [0.4, 0.5) is 0 Å². The van der Waals surface area contributed by atoms with Crippen molar-refractivity contribution in [1.82, 2.24) is 9.80 Å². The minimum absolute atomic E-state index is 0.0522. The number of amides is 1. The molecule has 31 heavy (non-hydrogen) atoms. The molecule has 0 aliphatic carbocycles. The monoisotopic (exact) mass is 442 g/mol. The van der Waals surface area contributed by atoms with E-state index in [9.17, 15) is 14.7 Å². The lowest BCUT2D eigenvalue weighted by molar-refractivity contribution is -0.140. The van der Waals surface area contributed by atoms with Crippen LogP contribution in [-0.4, -0.2) is 59.9 Å². The molecule has 0 saturated carbocycles. The maximum Gasteiger partial charge on any atom is 0.295 e. The van der Waals surface area contributed by atoms with Gasteiger partial charge in [0.25, 0.3) is 11.7 Å². The molecule has 2 aromatic rings. The maximum atomic E-state index is 13.1. The molecular weight excluding hydrogens is 416 g/mol. The largest absolute Gasteiger partial charge is 0.507 e. The summed E-state index contributed by atoms with van der Waals surface area (Å²) in [7, 11) is 1.49. The summed E-state index contributed by atoms with van der Waals surface area (Å²) < 4.78 is 5.35. The van der Waals surface area contributed by atoms with Crippen LogP contribution < -0.4 is 4.74 Å². The fourth-order valence-electron chi connectivity index (χ4n) is 3.88. The third-order valence-electron chi connectivity index (χ3n) is 5.64. The number of methoxy groups -OCH3 is 1.